The lowest BCUT2D eigenvalue weighted by atomic mass is 10.2. The Morgan fingerprint density at radius 1 is 1.37 bits per heavy atom. The van der Waals surface area contributed by atoms with Crippen LogP contribution in [-0.4, -0.2) is 28.8 Å². The van der Waals surface area contributed by atoms with Gasteiger partial charge < -0.3 is 15.7 Å². The van der Waals surface area contributed by atoms with Gasteiger partial charge in [-0.3, -0.25) is 4.98 Å². The number of benzene rings is 1. The second kappa shape index (κ2) is 6.15. The molecule has 0 aliphatic carbocycles. The number of nitrogens with one attached hydrogen (secondary N) is 2. The monoisotopic (exact) mass is 259 g/mol. The van der Waals surface area contributed by atoms with Gasteiger partial charge in [0.05, 0.1) is 23.9 Å². The number of carbonyl (C=O) groups excluding carboxylic acids is 1. The Kier molecular flexibility index (Phi) is 4.30. The molecule has 0 unspecified atom stereocenters. The molecule has 0 spiro atoms. The van der Waals surface area contributed by atoms with Gasteiger partial charge in [0.15, 0.2) is 0 Å². The first kappa shape index (κ1) is 13.3. The Morgan fingerprint density at radius 2 is 2.16 bits per heavy atom. The van der Waals surface area contributed by atoms with Crippen LogP contribution in [0.5, 0.6) is 0 Å². The fraction of sp³-hybridized carbons (Fsp3) is 0.286. The van der Waals surface area contributed by atoms with Gasteiger partial charge in [0.1, 0.15) is 0 Å². The number of pyridine rings is 1. The topological polar surface area (TPSA) is 74.2 Å². The number of para-hydroxylation sites is 1. The number of hydrogen-bond donors (Lipinski definition) is 3. The molecule has 0 fully saturated rings. The van der Waals surface area contributed by atoms with E-state index in [1.165, 1.54) is 0 Å². The van der Waals surface area contributed by atoms with Crippen molar-refractivity contribution in [3.63, 3.8) is 0 Å². The quantitative estimate of drug-likeness (QED) is 0.787. The number of urea groups is 1. The average molecular weight is 259 g/mol. The molecule has 0 bridgehead atoms. The maximum atomic E-state index is 11.8. The summed E-state index contributed by atoms with van der Waals surface area (Å²) in [6, 6.07) is 8.83. The number of hydrogen-bond acceptors (Lipinski definition) is 3. The molecule has 1 heterocycles. The molecule has 0 saturated carbocycles. The number of rotatable bonds is 4. The minimum Gasteiger partial charge on any atom is -0.394 e. The van der Waals surface area contributed by atoms with Gasteiger partial charge in [0.2, 0.25) is 0 Å². The first-order chi connectivity index (χ1) is 9.24. The molecule has 2 amide bonds. The minimum absolute atomic E-state index is 0.0717. The van der Waals surface area contributed by atoms with Gasteiger partial charge in [-0.15, -0.1) is 0 Å². The van der Waals surface area contributed by atoms with Gasteiger partial charge in [-0.1, -0.05) is 25.1 Å². The Labute approximate surface area is 111 Å². The number of carbonyl (C=O) groups is 1. The van der Waals surface area contributed by atoms with Gasteiger partial charge >= 0.3 is 6.03 Å². The number of anilines is 1. The van der Waals surface area contributed by atoms with Crippen molar-refractivity contribution in [2.24, 2.45) is 0 Å². The molecule has 0 saturated heterocycles. The summed E-state index contributed by atoms with van der Waals surface area (Å²) in [4.78, 5) is 16.1. The van der Waals surface area contributed by atoms with E-state index in [4.69, 9.17) is 5.11 Å². The summed E-state index contributed by atoms with van der Waals surface area (Å²) in [5, 5.41) is 15.5. The van der Waals surface area contributed by atoms with Crippen LogP contribution in [0.4, 0.5) is 10.5 Å². The molecule has 0 radical (unpaired) electrons. The van der Waals surface area contributed by atoms with Crippen LogP contribution in [0, 0.1) is 0 Å². The summed E-state index contributed by atoms with van der Waals surface area (Å²) >= 11 is 0. The molecule has 0 aliphatic heterocycles. The van der Waals surface area contributed by atoms with Crippen molar-refractivity contribution in [1.82, 2.24) is 10.3 Å². The van der Waals surface area contributed by atoms with Crippen LogP contribution >= 0.6 is 0 Å². The fourth-order valence-electron chi connectivity index (χ4n) is 1.83. The van der Waals surface area contributed by atoms with Gasteiger partial charge in [-0.2, -0.15) is 0 Å². The predicted molar refractivity (Wildman–Crippen MR) is 75.1 cm³/mol. The molecular formula is C14H17N3O2. The number of aliphatic hydroxyl groups excluding tert-OH is 1. The Bertz CT molecular complexity index is 562. The van der Waals surface area contributed by atoms with Crippen LogP contribution in [0.15, 0.2) is 36.5 Å². The molecule has 1 aromatic heterocycles. The van der Waals surface area contributed by atoms with E-state index >= 15 is 0 Å². The third-order valence-electron chi connectivity index (χ3n) is 2.93. The van der Waals surface area contributed by atoms with Crippen molar-refractivity contribution in [3.8, 4) is 0 Å². The lowest BCUT2D eigenvalue weighted by molar-refractivity contribution is 0.222. The fourth-order valence-corrected chi connectivity index (χ4v) is 1.83. The second-order valence-corrected chi connectivity index (χ2v) is 4.27. The largest absolute Gasteiger partial charge is 0.394 e. The molecule has 5 nitrogen and oxygen atoms in total. The van der Waals surface area contributed by atoms with Crippen LogP contribution in [0.25, 0.3) is 10.9 Å². The van der Waals surface area contributed by atoms with E-state index in [1.54, 1.807) is 12.3 Å². The summed E-state index contributed by atoms with van der Waals surface area (Å²) in [6.07, 6.45) is 2.37. The molecule has 1 aromatic carbocycles. The summed E-state index contributed by atoms with van der Waals surface area (Å²) in [5.74, 6) is 0. The van der Waals surface area contributed by atoms with Crippen LogP contribution in [0.1, 0.15) is 13.3 Å². The number of aliphatic hydroxyl groups is 1. The van der Waals surface area contributed by atoms with E-state index in [1.807, 2.05) is 31.2 Å². The summed E-state index contributed by atoms with van der Waals surface area (Å²) < 4.78 is 0. The molecular weight excluding hydrogens is 242 g/mol. The smallest absolute Gasteiger partial charge is 0.319 e. The van der Waals surface area contributed by atoms with Crippen molar-refractivity contribution in [2.75, 3.05) is 11.9 Å². The number of aromatic nitrogens is 1. The van der Waals surface area contributed by atoms with Gasteiger partial charge in [0.25, 0.3) is 0 Å². The minimum atomic E-state index is -0.334. The Hall–Kier alpha value is -2.14. The number of fused-ring (bicyclic) bond motifs is 1. The van der Waals surface area contributed by atoms with Crippen LogP contribution in [0.2, 0.25) is 0 Å². The first-order valence-corrected chi connectivity index (χ1v) is 6.26. The van der Waals surface area contributed by atoms with Gasteiger partial charge in [-0.25, -0.2) is 4.79 Å². The van der Waals surface area contributed by atoms with Crippen molar-refractivity contribution in [1.29, 1.82) is 0 Å². The zero-order valence-electron chi connectivity index (χ0n) is 10.8. The zero-order chi connectivity index (χ0) is 13.7. The molecule has 1 atom stereocenters. The molecule has 0 aliphatic rings. The lowest BCUT2D eigenvalue weighted by Crippen LogP contribution is -2.39. The van der Waals surface area contributed by atoms with Gasteiger partial charge in [0, 0.05) is 11.6 Å². The molecule has 100 valence electrons. The maximum Gasteiger partial charge on any atom is 0.319 e. The van der Waals surface area contributed by atoms with Crippen molar-refractivity contribution in [2.45, 2.75) is 19.4 Å². The third kappa shape index (κ3) is 3.20. The normalized spacial score (nSPS) is 12.1. The highest BCUT2D eigenvalue weighted by Crippen LogP contribution is 2.20. The van der Waals surface area contributed by atoms with E-state index in [-0.39, 0.29) is 18.7 Å². The lowest BCUT2D eigenvalue weighted by Gasteiger charge is -2.15. The van der Waals surface area contributed by atoms with E-state index in [9.17, 15) is 4.79 Å². The van der Waals surface area contributed by atoms with E-state index in [0.29, 0.717) is 12.1 Å². The van der Waals surface area contributed by atoms with E-state index < -0.39 is 0 Å². The average Bonchev–Trinajstić information content (AvgIpc) is 2.45. The van der Waals surface area contributed by atoms with Crippen LogP contribution < -0.4 is 10.6 Å². The van der Waals surface area contributed by atoms with E-state index in [0.717, 1.165) is 10.9 Å². The van der Waals surface area contributed by atoms with E-state index in [2.05, 4.69) is 15.6 Å². The van der Waals surface area contributed by atoms with Crippen LogP contribution in [-0.2, 0) is 0 Å². The summed E-state index contributed by atoms with van der Waals surface area (Å²) in [6.45, 7) is 1.83. The molecule has 2 rings (SSSR count). The first-order valence-electron chi connectivity index (χ1n) is 6.26. The molecule has 5 heteroatoms. The zero-order valence-corrected chi connectivity index (χ0v) is 10.8. The van der Waals surface area contributed by atoms with Crippen molar-refractivity contribution in [3.05, 3.63) is 36.5 Å². The highest BCUT2D eigenvalue weighted by atomic mass is 16.3. The highest BCUT2D eigenvalue weighted by molar-refractivity contribution is 5.99. The van der Waals surface area contributed by atoms with Gasteiger partial charge in [-0.05, 0) is 18.6 Å². The number of amides is 2. The Morgan fingerprint density at radius 3 is 2.89 bits per heavy atom. The molecule has 2 aromatic rings. The summed E-state index contributed by atoms with van der Waals surface area (Å²) in [5.41, 5.74) is 1.40. The number of nitrogens with zero attached hydrogens (tertiary/aromatic N) is 1. The Balaban J connectivity index is 2.15. The standard InChI is InChI=1S/C14H17N3O2/c1-2-11(9-18)16-14(19)17-12-7-3-5-10-6-4-8-15-13(10)12/h3-8,11,18H,2,9H2,1H3,(H2,16,17,19)/t11-/m1/s1. The molecule has 3 N–H and O–H groups in total. The highest BCUT2D eigenvalue weighted by Gasteiger charge is 2.10. The molecule has 19 heavy (non-hydrogen) atoms. The van der Waals surface area contributed by atoms with Crippen molar-refractivity contribution < 1.29 is 9.90 Å². The second-order valence-electron chi connectivity index (χ2n) is 4.27. The summed E-state index contributed by atoms with van der Waals surface area (Å²) in [7, 11) is 0. The van der Waals surface area contributed by atoms with Crippen LogP contribution in [0.3, 0.4) is 0 Å². The van der Waals surface area contributed by atoms with Crippen molar-refractivity contribution >= 4 is 22.6 Å². The predicted octanol–water partition coefficient (Wildman–Crippen LogP) is 2.13. The third-order valence-corrected chi connectivity index (χ3v) is 2.93. The maximum absolute atomic E-state index is 11.8. The SMILES string of the molecule is CC[C@H](CO)NC(=O)Nc1cccc2cccnc12.